The number of ether oxygens (including phenoxy) is 1. The molecule has 0 aliphatic rings. The highest BCUT2D eigenvalue weighted by molar-refractivity contribution is 6.32. The summed E-state index contributed by atoms with van der Waals surface area (Å²) >= 11 is 6.16. The van der Waals surface area contributed by atoms with Crippen molar-refractivity contribution in [3.63, 3.8) is 0 Å². The van der Waals surface area contributed by atoms with E-state index in [1.165, 1.54) is 12.8 Å². The zero-order valence-electron chi connectivity index (χ0n) is 15.0. The second-order valence-electron chi connectivity index (χ2n) is 6.29. The monoisotopic (exact) mass is 339 g/mol. The number of nitrogens with one attached hydrogen (secondary N) is 1. The van der Waals surface area contributed by atoms with Crippen molar-refractivity contribution in [2.45, 2.75) is 66.4 Å². The van der Waals surface area contributed by atoms with Crippen molar-refractivity contribution in [3.05, 3.63) is 28.3 Å². The van der Waals surface area contributed by atoms with E-state index in [1.54, 1.807) is 6.92 Å². The SMILES string of the molecule is CCCC[C@@H](CC)CNC(=O)[C@@H](C)Oc1cc(C)c(Cl)c(C)c1. The molecule has 4 heteroatoms. The van der Waals surface area contributed by atoms with E-state index in [2.05, 4.69) is 19.2 Å². The minimum atomic E-state index is -0.515. The van der Waals surface area contributed by atoms with Gasteiger partial charge in [-0.05, 0) is 56.4 Å². The van der Waals surface area contributed by atoms with Gasteiger partial charge in [0.2, 0.25) is 0 Å². The molecule has 3 nitrogen and oxygen atoms in total. The van der Waals surface area contributed by atoms with Crippen LogP contribution in [0.2, 0.25) is 5.02 Å². The number of amides is 1. The summed E-state index contributed by atoms with van der Waals surface area (Å²) in [5.41, 5.74) is 1.92. The lowest BCUT2D eigenvalue weighted by molar-refractivity contribution is -0.127. The number of hydrogen-bond donors (Lipinski definition) is 1. The zero-order chi connectivity index (χ0) is 17.4. The average molecular weight is 340 g/mol. The lowest BCUT2D eigenvalue weighted by Gasteiger charge is -2.19. The Kier molecular flexibility index (Phi) is 8.46. The van der Waals surface area contributed by atoms with E-state index in [-0.39, 0.29) is 5.91 Å². The van der Waals surface area contributed by atoms with Crippen LogP contribution in [0.1, 0.15) is 57.6 Å². The lowest BCUT2D eigenvalue weighted by atomic mass is 9.99. The van der Waals surface area contributed by atoms with Gasteiger partial charge in [-0.1, -0.05) is 44.7 Å². The molecule has 1 rings (SSSR count). The highest BCUT2D eigenvalue weighted by atomic mass is 35.5. The average Bonchev–Trinajstić information content (AvgIpc) is 2.52. The maximum absolute atomic E-state index is 12.2. The second-order valence-corrected chi connectivity index (χ2v) is 6.67. The van der Waals surface area contributed by atoms with Crippen LogP contribution >= 0.6 is 11.6 Å². The highest BCUT2D eigenvalue weighted by Crippen LogP contribution is 2.26. The van der Waals surface area contributed by atoms with Gasteiger partial charge in [-0.3, -0.25) is 4.79 Å². The van der Waals surface area contributed by atoms with Gasteiger partial charge in [-0.2, -0.15) is 0 Å². The van der Waals surface area contributed by atoms with Crippen LogP contribution in [0.4, 0.5) is 0 Å². The maximum atomic E-state index is 12.2. The summed E-state index contributed by atoms with van der Waals surface area (Å²) in [6, 6.07) is 3.74. The minimum absolute atomic E-state index is 0.0646. The summed E-state index contributed by atoms with van der Waals surface area (Å²) in [5, 5.41) is 3.76. The smallest absolute Gasteiger partial charge is 0.260 e. The first-order chi connectivity index (χ1) is 10.9. The van der Waals surface area contributed by atoms with Crippen LogP contribution < -0.4 is 10.1 Å². The van der Waals surface area contributed by atoms with Crippen molar-refractivity contribution in [3.8, 4) is 5.75 Å². The molecule has 0 saturated carbocycles. The number of hydrogen-bond acceptors (Lipinski definition) is 2. The van der Waals surface area contributed by atoms with Crippen molar-refractivity contribution in [2.75, 3.05) is 6.54 Å². The van der Waals surface area contributed by atoms with Gasteiger partial charge in [0.15, 0.2) is 6.10 Å². The summed E-state index contributed by atoms with van der Waals surface area (Å²) in [4.78, 5) is 12.2. The van der Waals surface area contributed by atoms with E-state index in [1.807, 2.05) is 26.0 Å². The van der Waals surface area contributed by atoms with E-state index in [4.69, 9.17) is 16.3 Å². The Morgan fingerprint density at radius 3 is 2.39 bits per heavy atom. The molecule has 0 aliphatic heterocycles. The Morgan fingerprint density at radius 1 is 1.26 bits per heavy atom. The Hall–Kier alpha value is -1.22. The van der Waals surface area contributed by atoms with Gasteiger partial charge in [-0.15, -0.1) is 0 Å². The van der Waals surface area contributed by atoms with Crippen molar-refractivity contribution >= 4 is 17.5 Å². The number of benzene rings is 1. The fourth-order valence-electron chi connectivity index (χ4n) is 2.56. The number of halogens is 1. The molecule has 2 atom stereocenters. The van der Waals surface area contributed by atoms with Crippen molar-refractivity contribution in [1.29, 1.82) is 0 Å². The van der Waals surface area contributed by atoms with Crippen LogP contribution in [-0.4, -0.2) is 18.6 Å². The topological polar surface area (TPSA) is 38.3 Å². The molecule has 0 radical (unpaired) electrons. The molecule has 0 heterocycles. The molecule has 23 heavy (non-hydrogen) atoms. The van der Waals surface area contributed by atoms with Gasteiger partial charge in [0, 0.05) is 11.6 Å². The third kappa shape index (κ3) is 6.42. The largest absolute Gasteiger partial charge is 0.481 e. The van der Waals surface area contributed by atoms with Crippen molar-refractivity contribution in [1.82, 2.24) is 5.32 Å². The Labute approximate surface area is 145 Å². The van der Waals surface area contributed by atoms with Gasteiger partial charge in [-0.25, -0.2) is 0 Å². The molecule has 0 fully saturated rings. The quantitative estimate of drug-likeness (QED) is 0.683. The number of carbonyl (C=O) groups is 1. The van der Waals surface area contributed by atoms with Gasteiger partial charge >= 0.3 is 0 Å². The first-order valence-corrected chi connectivity index (χ1v) is 8.97. The van der Waals surface area contributed by atoms with E-state index in [9.17, 15) is 4.79 Å². The van der Waals surface area contributed by atoms with E-state index >= 15 is 0 Å². The number of carbonyl (C=O) groups excluding carboxylic acids is 1. The second kappa shape index (κ2) is 9.82. The molecular weight excluding hydrogens is 310 g/mol. The van der Waals surface area contributed by atoms with Gasteiger partial charge in [0.1, 0.15) is 5.75 Å². The normalized spacial score (nSPS) is 13.5. The molecule has 0 bridgehead atoms. The first-order valence-electron chi connectivity index (χ1n) is 8.60. The molecule has 1 aromatic carbocycles. The Balaban J connectivity index is 2.53. The fraction of sp³-hybridized carbons (Fsp3) is 0.632. The summed E-state index contributed by atoms with van der Waals surface area (Å²) in [5.74, 6) is 1.17. The molecule has 0 unspecified atom stereocenters. The predicted octanol–water partition coefficient (Wildman–Crippen LogP) is 5.06. The third-order valence-corrected chi connectivity index (χ3v) is 4.80. The number of rotatable bonds is 9. The van der Waals surface area contributed by atoms with E-state index in [0.29, 0.717) is 11.7 Å². The molecular formula is C19H30ClNO2. The fourth-order valence-corrected chi connectivity index (χ4v) is 2.67. The van der Waals surface area contributed by atoms with Crippen LogP contribution in [0.3, 0.4) is 0 Å². The maximum Gasteiger partial charge on any atom is 0.260 e. The van der Waals surface area contributed by atoms with Crippen LogP contribution in [0, 0.1) is 19.8 Å². The Bertz CT molecular complexity index is 493. The molecule has 0 spiro atoms. The van der Waals surface area contributed by atoms with Crippen molar-refractivity contribution in [2.24, 2.45) is 5.92 Å². The van der Waals surface area contributed by atoms with Gasteiger partial charge in [0.05, 0.1) is 0 Å². The molecule has 0 saturated heterocycles. The van der Waals surface area contributed by atoms with Gasteiger partial charge < -0.3 is 10.1 Å². The van der Waals surface area contributed by atoms with Crippen LogP contribution in [0.15, 0.2) is 12.1 Å². The zero-order valence-corrected chi connectivity index (χ0v) is 15.8. The third-order valence-electron chi connectivity index (χ3n) is 4.20. The minimum Gasteiger partial charge on any atom is -0.481 e. The highest BCUT2D eigenvalue weighted by Gasteiger charge is 2.17. The molecule has 1 N–H and O–H groups in total. The lowest BCUT2D eigenvalue weighted by Crippen LogP contribution is -2.38. The molecule has 1 aromatic rings. The number of aryl methyl sites for hydroxylation is 2. The summed E-state index contributed by atoms with van der Waals surface area (Å²) in [6.07, 6.45) is 4.14. The molecule has 130 valence electrons. The molecule has 0 aromatic heterocycles. The predicted molar refractivity (Wildman–Crippen MR) is 97.3 cm³/mol. The molecule has 1 amide bonds. The van der Waals surface area contributed by atoms with Gasteiger partial charge in [0.25, 0.3) is 5.91 Å². The summed E-state index contributed by atoms with van der Waals surface area (Å²) < 4.78 is 5.77. The van der Waals surface area contributed by atoms with Crippen LogP contribution in [0.25, 0.3) is 0 Å². The van der Waals surface area contributed by atoms with E-state index in [0.717, 1.165) is 35.5 Å². The van der Waals surface area contributed by atoms with Crippen LogP contribution in [0.5, 0.6) is 5.75 Å². The molecule has 0 aliphatic carbocycles. The Morgan fingerprint density at radius 2 is 1.87 bits per heavy atom. The summed E-state index contributed by atoms with van der Waals surface area (Å²) in [7, 11) is 0. The van der Waals surface area contributed by atoms with Crippen LogP contribution in [-0.2, 0) is 4.79 Å². The standard InChI is InChI=1S/C19H30ClNO2/c1-6-8-9-16(7-2)12-21-19(22)15(5)23-17-10-13(3)18(20)14(4)11-17/h10-11,15-16H,6-9,12H2,1-5H3,(H,21,22)/t15-,16-/m1/s1. The van der Waals surface area contributed by atoms with Crippen molar-refractivity contribution < 1.29 is 9.53 Å². The number of unbranched alkanes of at least 4 members (excludes halogenated alkanes) is 1. The first kappa shape index (κ1) is 19.8. The van der Waals surface area contributed by atoms with E-state index < -0.39 is 6.10 Å². The summed E-state index contributed by atoms with van der Waals surface area (Å²) in [6.45, 7) is 10.7.